The Bertz CT molecular complexity index is 288. The highest BCUT2D eigenvalue weighted by Crippen LogP contribution is 1.74. The van der Waals surface area contributed by atoms with Crippen molar-refractivity contribution in [1.29, 1.82) is 0 Å². The van der Waals surface area contributed by atoms with Crippen LogP contribution in [-0.2, 0) is 19.1 Å². The number of hydrogen-bond donors (Lipinski definition) is 3. The number of nitrogens with one attached hydrogen (secondary N) is 2. The van der Waals surface area contributed by atoms with Crippen LogP contribution in [0.3, 0.4) is 0 Å². The molecule has 0 rings (SSSR count). The molecule has 0 aliphatic rings. The van der Waals surface area contributed by atoms with E-state index in [9.17, 15) is 14.4 Å². The second-order valence-corrected chi connectivity index (χ2v) is 2.73. The molecule has 0 radical (unpaired) electrons. The molecule has 90 valence electrons. The number of carboxylic acid groups (broad SMARTS) is 1. The summed E-state index contributed by atoms with van der Waals surface area (Å²) in [4.78, 5) is 32.0. The molecular weight excluding hydrogens is 216 g/mol. The summed E-state index contributed by atoms with van der Waals surface area (Å²) in [5.74, 6) is -2.22. The van der Waals surface area contributed by atoms with Gasteiger partial charge in [-0.05, 0) is 0 Å². The van der Waals surface area contributed by atoms with Gasteiger partial charge in [0.05, 0.1) is 13.2 Å². The topological polar surface area (TPSA) is 105 Å². The number of carbonyl (C=O) groups is 3. The van der Waals surface area contributed by atoms with Crippen LogP contribution in [0.4, 0.5) is 0 Å². The van der Waals surface area contributed by atoms with E-state index >= 15 is 0 Å². The molecule has 16 heavy (non-hydrogen) atoms. The van der Waals surface area contributed by atoms with Gasteiger partial charge in [0.1, 0.15) is 0 Å². The van der Waals surface area contributed by atoms with Crippen molar-refractivity contribution in [3.05, 3.63) is 12.2 Å². The Hall–Kier alpha value is -1.89. The van der Waals surface area contributed by atoms with Gasteiger partial charge in [-0.1, -0.05) is 0 Å². The molecule has 0 heterocycles. The fraction of sp³-hybridized carbons (Fsp3) is 0.444. The summed E-state index contributed by atoms with van der Waals surface area (Å²) in [6, 6.07) is 0. The molecule has 3 N–H and O–H groups in total. The Balaban J connectivity index is 3.67. The van der Waals surface area contributed by atoms with Crippen LogP contribution in [0, 0.1) is 0 Å². The molecule has 0 saturated carbocycles. The summed E-state index contributed by atoms with van der Waals surface area (Å²) in [6.45, 7) is 0.543. The molecule has 0 aromatic rings. The van der Waals surface area contributed by atoms with E-state index in [1.165, 1.54) is 7.11 Å². The fourth-order valence-electron chi connectivity index (χ4n) is 0.728. The van der Waals surface area contributed by atoms with E-state index in [0.717, 1.165) is 6.08 Å². The van der Waals surface area contributed by atoms with Crippen LogP contribution < -0.4 is 10.6 Å². The first kappa shape index (κ1) is 14.1. The summed E-state index contributed by atoms with van der Waals surface area (Å²) in [5, 5.41) is 12.9. The van der Waals surface area contributed by atoms with E-state index in [2.05, 4.69) is 10.6 Å². The average molecular weight is 230 g/mol. The second-order valence-electron chi connectivity index (χ2n) is 2.73. The van der Waals surface area contributed by atoms with Crippen LogP contribution in [-0.4, -0.2) is 49.7 Å². The maximum absolute atomic E-state index is 11.0. The van der Waals surface area contributed by atoms with Gasteiger partial charge >= 0.3 is 5.97 Å². The molecule has 0 aromatic heterocycles. The number of ether oxygens (including phenoxy) is 1. The summed E-state index contributed by atoms with van der Waals surface area (Å²) in [7, 11) is 1.50. The van der Waals surface area contributed by atoms with Crippen LogP contribution in [0.5, 0.6) is 0 Å². The minimum absolute atomic E-state index is 0.202. The molecule has 0 atom stereocenters. The van der Waals surface area contributed by atoms with Gasteiger partial charge in [0, 0.05) is 25.8 Å². The first-order valence-electron chi connectivity index (χ1n) is 4.50. The smallest absolute Gasteiger partial charge is 0.328 e. The molecule has 0 aliphatic carbocycles. The van der Waals surface area contributed by atoms with Crippen molar-refractivity contribution in [3.63, 3.8) is 0 Å². The quantitative estimate of drug-likeness (QED) is 0.365. The first-order valence-corrected chi connectivity index (χ1v) is 4.50. The largest absolute Gasteiger partial charge is 0.478 e. The van der Waals surface area contributed by atoms with Gasteiger partial charge in [-0.3, -0.25) is 9.59 Å². The summed E-state index contributed by atoms with van der Waals surface area (Å²) in [6.07, 6.45) is 1.53. The maximum Gasteiger partial charge on any atom is 0.328 e. The lowest BCUT2D eigenvalue weighted by atomic mass is 10.4. The van der Waals surface area contributed by atoms with Crippen molar-refractivity contribution >= 4 is 17.8 Å². The lowest BCUT2D eigenvalue weighted by Crippen LogP contribution is -2.37. The van der Waals surface area contributed by atoms with E-state index in [0.29, 0.717) is 19.2 Å². The van der Waals surface area contributed by atoms with E-state index in [-0.39, 0.29) is 12.5 Å². The van der Waals surface area contributed by atoms with Gasteiger partial charge in [-0.2, -0.15) is 0 Å². The Kier molecular flexibility index (Phi) is 7.43. The predicted molar refractivity (Wildman–Crippen MR) is 54.7 cm³/mol. The fourth-order valence-corrected chi connectivity index (χ4v) is 0.728. The minimum atomic E-state index is -1.22. The first-order chi connectivity index (χ1) is 7.56. The molecule has 0 aromatic carbocycles. The van der Waals surface area contributed by atoms with E-state index in [1.54, 1.807) is 0 Å². The zero-order valence-electron chi connectivity index (χ0n) is 8.86. The number of aliphatic carboxylic acids is 1. The van der Waals surface area contributed by atoms with Gasteiger partial charge < -0.3 is 20.5 Å². The third-order valence-corrected chi connectivity index (χ3v) is 1.43. The molecule has 7 nitrogen and oxygen atoms in total. The van der Waals surface area contributed by atoms with E-state index in [1.807, 2.05) is 0 Å². The van der Waals surface area contributed by atoms with E-state index < -0.39 is 11.9 Å². The Morgan fingerprint density at radius 3 is 2.50 bits per heavy atom. The number of methoxy groups -OCH3 is 1. The van der Waals surface area contributed by atoms with Gasteiger partial charge in [-0.25, -0.2) is 4.79 Å². The summed E-state index contributed by atoms with van der Waals surface area (Å²) in [5.41, 5.74) is 0. The number of carboxylic acids is 1. The van der Waals surface area contributed by atoms with Gasteiger partial charge in [-0.15, -0.1) is 0 Å². The van der Waals surface area contributed by atoms with Gasteiger partial charge in [0.15, 0.2) is 0 Å². The average Bonchev–Trinajstić information content (AvgIpc) is 2.24. The molecule has 0 unspecified atom stereocenters. The molecule has 2 amide bonds. The second kappa shape index (κ2) is 8.42. The number of hydrogen-bond acceptors (Lipinski definition) is 4. The molecule has 0 spiro atoms. The third-order valence-electron chi connectivity index (χ3n) is 1.43. The molecule has 0 aliphatic heterocycles. The van der Waals surface area contributed by atoms with Crippen molar-refractivity contribution in [2.75, 3.05) is 26.8 Å². The van der Waals surface area contributed by atoms with Crippen molar-refractivity contribution in [2.24, 2.45) is 0 Å². The standard InChI is InChI=1S/C9H14N2O5/c1-16-5-4-10-8(13)6-11-7(12)2-3-9(14)15/h2-3H,4-6H2,1H3,(H,10,13)(H,11,12)(H,14,15)/b3-2+. The summed E-state index contributed by atoms with van der Waals surface area (Å²) < 4.78 is 4.70. The molecular formula is C9H14N2O5. The van der Waals surface area contributed by atoms with Gasteiger partial charge in [0.25, 0.3) is 0 Å². The van der Waals surface area contributed by atoms with Crippen LogP contribution in [0.25, 0.3) is 0 Å². The monoisotopic (exact) mass is 230 g/mol. The van der Waals surface area contributed by atoms with Crippen molar-refractivity contribution in [1.82, 2.24) is 10.6 Å². The van der Waals surface area contributed by atoms with Crippen molar-refractivity contribution in [2.45, 2.75) is 0 Å². The Labute approximate surface area is 92.5 Å². The summed E-state index contributed by atoms with van der Waals surface area (Å²) >= 11 is 0. The van der Waals surface area contributed by atoms with Crippen molar-refractivity contribution in [3.8, 4) is 0 Å². The third kappa shape index (κ3) is 8.70. The Morgan fingerprint density at radius 1 is 1.25 bits per heavy atom. The highest BCUT2D eigenvalue weighted by Gasteiger charge is 2.02. The number of amides is 2. The Morgan fingerprint density at radius 2 is 1.94 bits per heavy atom. The lowest BCUT2D eigenvalue weighted by Gasteiger charge is -2.04. The van der Waals surface area contributed by atoms with Crippen molar-refractivity contribution < 1.29 is 24.2 Å². The maximum atomic E-state index is 11.0. The van der Waals surface area contributed by atoms with E-state index in [4.69, 9.17) is 9.84 Å². The highest BCUT2D eigenvalue weighted by molar-refractivity contribution is 5.95. The molecule has 0 saturated heterocycles. The zero-order chi connectivity index (χ0) is 12.4. The van der Waals surface area contributed by atoms with Gasteiger partial charge in [0.2, 0.25) is 11.8 Å². The molecule has 0 bridgehead atoms. The number of rotatable bonds is 7. The molecule has 0 fully saturated rings. The normalized spacial score (nSPS) is 10.1. The van der Waals surface area contributed by atoms with Crippen LogP contribution in [0.15, 0.2) is 12.2 Å². The van der Waals surface area contributed by atoms with Crippen LogP contribution >= 0.6 is 0 Å². The minimum Gasteiger partial charge on any atom is -0.478 e. The number of carbonyl (C=O) groups excluding carboxylic acids is 2. The van der Waals surface area contributed by atoms with Crippen LogP contribution in [0.1, 0.15) is 0 Å². The molecule has 7 heteroatoms. The van der Waals surface area contributed by atoms with Crippen LogP contribution in [0.2, 0.25) is 0 Å². The highest BCUT2D eigenvalue weighted by atomic mass is 16.5. The SMILES string of the molecule is COCCNC(=O)CNC(=O)/C=C/C(=O)O. The predicted octanol–water partition coefficient (Wildman–Crippen LogP) is -1.49. The lowest BCUT2D eigenvalue weighted by molar-refractivity contribution is -0.131. The zero-order valence-corrected chi connectivity index (χ0v) is 8.86.